The molecule has 1 unspecified atom stereocenters. The second kappa shape index (κ2) is 6.94. The van der Waals surface area contributed by atoms with Crippen LogP contribution in [0.4, 0.5) is 5.69 Å². The number of nitrogens with one attached hydrogen (secondary N) is 1. The summed E-state index contributed by atoms with van der Waals surface area (Å²) in [4.78, 5) is 19.4. The van der Waals surface area contributed by atoms with Crippen molar-refractivity contribution in [3.05, 3.63) is 60.7 Å². The highest BCUT2D eigenvalue weighted by molar-refractivity contribution is 6.03. The Kier molecular flexibility index (Phi) is 4.35. The molecule has 3 aromatic rings. The summed E-state index contributed by atoms with van der Waals surface area (Å²) in [6, 6.07) is 11.5. The Balaban J connectivity index is 1.51. The van der Waals surface area contributed by atoms with Gasteiger partial charge in [-0.25, -0.2) is 0 Å². The van der Waals surface area contributed by atoms with Crippen molar-refractivity contribution in [3.63, 3.8) is 0 Å². The Morgan fingerprint density at radius 1 is 1.16 bits per heavy atom. The van der Waals surface area contributed by atoms with Crippen molar-refractivity contribution in [2.75, 3.05) is 11.9 Å². The first-order chi connectivity index (χ1) is 12.3. The maximum absolute atomic E-state index is 12.8. The number of nitrogens with zero attached hydrogens (tertiary/aromatic N) is 4. The SMILES string of the molecule is O=C(Nc1cccc2cnncc12)C1CCCN1Cc1ccccn1. The third-order valence-corrected chi connectivity index (χ3v) is 4.61. The van der Waals surface area contributed by atoms with Gasteiger partial charge in [-0.2, -0.15) is 10.2 Å². The number of anilines is 1. The number of carbonyl (C=O) groups excluding carboxylic acids is 1. The average molecular weight is 333 g/mol. The lowest BCUT2D eigenvalue weighted by Gasteiger charge is -2.23. The van der Waals surface area contributed by atoms with Crippen LogP contribution >= 0.6 is 0 Å². The van der Waals surface area contributed by atoms with E-state index in [2.05, 4.69) is 25.4 Å². The number of rotatable bonds is 4. The fourth-order valence-corrected chi connectivity index (χ4v) is 3.36. The van der Waals surface area contributed by atoms with Crippen LogP contribution in [0.1, 0.15) is 18.5 Å². The predicted molar refractivity (Wildman–Crippen MR) is 95.8 cm³/mol. The number of hydrogen-bond acceptors (Lipinski definition) is 5. The maximum atomic E-state index is 12.8. The van der Waals surface area contributed by atoms with Gasteiger partial charge in [-0.05, 0) is 37.6 Å². The number of fused-ring (bicyclic) bond motifs is 1. The highest BCUT2D eigenvalue weighted by Gasteiger charge is 2.31. The molecule has 25 heavy (non-hydrogen) atoms. The minimum atomic E-state index is -0.132. The van der Waals surface area contributed by atoms with E-state index in [9.17, 15) is 4.79 Å². The Hall–Kier alpha value is -2.86. The lowest BCUT2D eigenvalue weighted by Crippen LogP contribution is -2.39. The van der Waals surface area contributed by atoms with Crippen molar-refractivity contribution in [1.82, 2.24) is 20.1 Å². The van der Waals surface area contributed by atoms with Crippen molar-refractivity contribution in [2.24, 2.45) is 0 Å². The zero-order chi connectivity index (χ0) is 17.1. The fraction of sp³-hybridized carbons (Fsp3) is 0.263. The molecule has 0 radical (unpaired) electrons. The third-order valence-electron chi connectivity index (χ3n) is 4.61. The molecule has 3 heterocycles. The highest BCUT2D eigenvalue weighted by Crippen LogP contribution is 2.24. The summed E-state index contributed by atoms with van der Waals surface area (Å²) in [6.45, 7) is 1.61. The van der Waals surface area contributed by atoms with E-state index < -0.39 is 0 Å². The van der Waals surface area contributed by atoms with Crippen LogP contribution in [0.3, 0.4) is 0 Å². The Bertz CT molecular complexity index is 878. The molecule has 0 spiro atoms. The normalized spacial score (nSPS) is 17.7. The molecule has 0 saturated carbocycles. The Morgan fingerprint density at radius 2 is 2.08 bits per heavy atom. The van der Waals surface area contributed by atoms with Gasteiger partial charge in [0.05, 0.1) is 29.8 Å². The molecule has 1 saturated heterocycles. The van der Waals surface area contributed by atoms with E-state index in [0.717, 1.165) is 41.5 Å². The van der Waals surface area contributed by atoms with E-state index in [4.69, 9.17) is 0 Å². The maximum Gasteiger partial charge on any atom is 0.241 e. The third kappa shape index (κ3) is 3.34. The molecule has 126 valence electrons. The largest absolute Gasteiger partial charge is 0.324 e. The van der Waals surface area contributed by atoms with E-state index >= 15 is 0 Å². The number of amides is 1. The summed E-state index contributed by atoms with van der Waals surface area (Å²) in [5.41, 5.74) is 1.77. The molecule has 1 atom stereocenters. The van der Waals surface area contributed by atoms with E-state index in [1.54, 1.807) is 18.6 Å². The first kappa shape index (κ1) is 15.7. The van der Waals surface area contributed by atoms with Crippen molar-refractivity contribution < 1.29 is 4.79 Å². The first-order valence-electron chi connectivity index (χ1n) is 8.45. The Labute approximate surface area is 145 Å². The lowest BCUT2D eigenvalue weighted by atomic mass is 10.1. The monoisotopic (exact) mass is 333 g/mol. The van der Waals surface area contributed by atoms with Gasteiger partial charge in [0.15, 0.2) is 0 Å². The summed E-state index contributed by atoms with van der Waals surface area (Å²) in [5.74, 6) is 0.0257. The molecule has 6 nitrogen and oxygen atoms in total. The van der Waals surface area contributed by atoms with Crippen molar-refractivity contribution >= 4 is 22.4 Å². The van der Waals surface area contributed by atoms with Crippen LogP contribution in [-0.4, -0.2) is 38.6 Å². The van der Waals surface area contributed by atoms with Crippen LogP contribution in [0, 0.1) is 0 Å². The Morgan fingerprint density at radius 3 is 2.96 bits per heavy atom. The number of aromatic nitrogens is 3. The van der Waals surface area contributed by atoms with Gasteiger partial charge in [-0.1, -0.05) is 18.2 Å². The van der Waals surface area contributed by atoms with Crippen LogP contribution in [0.2, 0.25) is 0 Å². The van der Waals surface area contributed by atoms with Crippen molar-refractivity contribution in [3.8, 4) is 0 Å². The van der Waals surface area contributed by atoms with Gasteiger partial charge in [0.2, 0.25) is 5.91 Å². The second-order valence-corrected chi connectivity index (χ2v) is 6.24. The van der Waals surface area contributed by atoms with Gasteiger partial charge in [0.1, 0.15) is 0 Å². The number of hydrogen-bond donors (Lipinski definition) is 1. The standard InChI is InChI=1S/C19H19N5O/c25-19(23-17-7-3-5-14-11-21-22-12-16(14)17)18-8-4-10-24(18)13-15-6-1-2-9-20-15/h1-3,5-7,9,11-12,18H,4,8,10,13H2,(H,23,25). The predicted octanol–water partition coefficient (Wildman–Crippen LogP) is 2.63. The molecule has 1 aliphatic rings. The summed E-state index contributed by atoms with van der Waals surface area (Å²) in [6.07, 6.45) is 7.06. The molecule has 1 aromatic carbocycles. The average Bonchev–Trinajstić information content (AvgIpc) is 3.11. The molecule has 1 N–H and O–H groups in total. The summed E-state index contributed by atoms with van der Waals surface area (Å²) in [7, 11) is 0. The van der Waals surface area contributed by atoms with Crippen LogP contribution in [-0.2, 0) is 11.3 Å². The lowest BCUT2D eigenvalue weighted by molar-refractivity contribution is -0.120. The topological polar surface area (TPSA) is 71.0 Å². The van der Waals surface area contributed by atoms with Gasteiger partial charge in [0, 0.05) is 23.5 Å². The molecule has 4 rings (SSSR count). The number of carbonyl (C=O) groups is 1. The van der Waals surface area contributed by atoms with Crippen LogP contribution in [0.15, 0.2) is 55.0 Å². The number of likely N-dealkylation sites (tertiary alicyclic amines) is 1. The second-order valence-electron chi connectivity index (χ2n) is 6.24. The quantitative estimate of drug-likeness (QED) is 0.795. The van der Waals surface area contributed by atoms with Gasteiger partial charge < -0.3 is 5.32 Å². The van der Waals surface area contributed by atoms with Gasteiger partial charge in [-0.15, -0.1) is 0 Å². The molecular formula is C19H19N5O. The van der Waals surface area contributed by atoms with E-state index in [0.29, 0.717) is 6.54 Å². The van der Waals surface area contributed by atoms with E-state index in [-0.39, 0.29) is 11.9 Å². The van der Waals surface area contributed by atoms with Crippen LogP contribution < -0.4 is 5.32 Å². The van der Waals surface area contributed by atoms with Crippen LogP contribution in [0.25, 0.3) is 10.8 Å². The van der Waals surface area contributed by atoms with E-state index in [1.807, 2.05) is 36.4 Å². The molecule has 6 heteroatoms. The van der Waals surface area contributed by atoms with Crippen LogP contribution in [0.5, 0.6) is 0 Å². The zero-order valence-electron chi connectivity index (χ0n) is 13.8. The van der Waals surface area contributed by atoms with Gasteiger partial charge >= 0.3 is 0 Å². The summed E-state index contributed by atoms with van der Waals surface area (Å²) >= 11 is 0. The summed E-state index contributed by atoms with van der Waals surface area (Å²) < 4.78 is 0. The molecule has 1 amide bonds. The summed E-state index contributed by atoms with van der Waals surface area (Å²) in [5, 5.41) is 12.8. The fourth-order valence-electron chi connectivity index (χ4n) is 3.36. The molecule has 1 aliphatic heterocycles. The smallest absolute Gasteiger partial charge is 0.241 e. The molecule has 0 aliphatic carbocycles. The molecule has 0 bridgehead atoms. The van der Waals surface area contributed by atoms with Gasteiger partial charge in [-0.3, -0.25) is 14.7 Å². The number of benzene rings is 1. The minimum absolute atomic E-state index is 0.0257. The molecule has 1 fully saturated rings. The minimum Gasteiger partial charge on any atom is -0.324 e. The van der Waals surface area contributed by atoms with E-state index in [1.165, 1.54) is 0 Å². The molecule has 2 aromatic heterocycles. The highest BCUT2D eigenvalue weighted by atomic mass is 16.2. The number of pyridine rings is 1. The van der Waals surface area contributed by atoms with Crippen molar-refractivity contribution in [2.45, 2.75) is 25.4 Å². The molecular weight excluding hydrogens is 314 g/mol. The first-order valence-corrected chi connectivity index (χ1v) is 8.45. The van der Waals surface area contributed by atoms with Crippen molar-refractivity contribution in [1.29, 1.82) is 0 Å². The van der Waals surface area contributed by atoms with Gasteiger partial charge in [0.25, 0.3) is 0 Å². The zero-order valence-corrected chi connectivity index (χ0v) is 13.8.